The summed E-state index contributed by atoms with van der Waals surface area (Å²) in [5, 5.41) is 13.3. The molecule has 2 saturated heterocycles. The zero-order chi connectivity index (χ0) is 26.4. The Balaban J connectivity index is 1.29. The zero-order valence-electron chi connectivity index (χ0n) is 21.0. The van der Waals surface area contributed by atoms with Crippen molar-refractivity contribution in [3.63, 3.8) is 0 Å². The Morgan fingerprint density at radius 3 is 2.19 bits per heavy atom. The minimum absolute atomic E-state index is 0.0195. The van der Waals surface area contributed by atoms with Crippen LogP contribution in [0.5, 0.6) is 0 Å². The van der Waals surface area contributed by atoms with Crippen LogP contribution in [0.4, 0.5) is 5.69 Å². The zero-order valence-corrected chi connectivity index (χ0v) is 24.1. The van der Waals surface area contributed by atoms with Crippen molar-refractivity contribution in [2.45, 2.75) is 49.5 Å². The Kier molecular flexibility index (Phi) is 8.06. The third-order valence-electron chi connectivity index (χ3n) is 8.12. The van der Waals surface area contributed by atoms with Crippen LogP contribution in [0.3, 0.4) is 0 Å². The Morgan fingerprint density at radius 1 is 0.919 bits per heavy atom. The molecular weight excluding hydrogens is 553 g/mol. The van der Waals surface area contributed by atoms with Crippen LogP contribution < -0.4 is 4.90 Å². The number of benzene rings is 2. The quantitative estimate of drug-likeness (QED) is 0.467. The maximum atomic E-state index is 12.6. The third-order valence-corrected chi connectivity index (χ3v) is 11.3. The Hall–Kier alpha value is -1.06. The van der Waals surface area contributed by atoms with E-state index in [1.165, 1.54) is 0 Å². The van der Waals surface area contributed by atoms with Crippen molar-refractivity contribution in [1.29, 1.82) is 0 Å². The summed E-state index contributed by atoms with van der Waals surface area (Å²) in [7, 11) is -3.16. The predicted molar refractivity (Wildman–Crippen MR) is 151 cm³/mol. The lowest BCUT2D eigenvalue weighted by Gasteiger charge is -2.47. The number of rotatable bonds is 7. The van der Waals surface area contributed by atoms with Gasteiger partial charge in [0.15, 0.2) is 0 Å². The molecular formula is C27H34Cl3N3O3S. The summed E-state index contributed by atoms with van der Waals surface area (Å²) in [6.07, 6.45) is 2.92. The number of hydrogen-bond acceptors (Lipinski definition) is 5. The van der Waals surface area contributed by atoms with Gasteiger partial charge in [-0.15, -0.1) is 0 Å². The van der Waals surface area contributed by atoms with E-state index < -0.39 is 15.6 Å². The van der Waals surface area contributed by atoms with Crippen molar-refractivity contribution >= 4 is 50.5 Å². The van der Waals surface area contributed by atoms with Crippen LogP contribution in [0.25, 0.3) is 0 Å². The molecule has 0 spiro atoms. The fourth-order valence-corrected chi connectivity index (χ4v) is 8.36. The molecule has 202 valence electrons. The van der Waals surface area contributed by atoms with Gasteiger partial charge in [-0.3, -0.25) is 4.90 Å². The first-order valence-corrected chi connectivity index (χ1v) is 15.6. The highest BCUT2D eigenvalue weighted by molar-refractivity contribution is 7.90. The summed E-state index contributed by atoms with van der Waals surface area (Å²) < 4.78 is 26.9. The van der Waals surface area contributed by atoms with Gasteiger partial charge in [0.2, 0.25) is 10.0 Å². The first-order chi connectivity index (χ1) is 17.5. The third kappa shape index (κ3) is 6.08. The molecule has 3 aliphatic rings. The van der Waals surface area contributed by atoms with E-state index in [-0.39, 0.29) is 17.2 Å². The van der Waals surface area contributed by atoms with Crippen LogP contribution in [-0.4, -0.2) is 72.8 Å². The molecule has 2 heterocycles. The van der Waals surface area contributed by atoms with Crippen molar-refractivity contribution in [2.75, 3.05) is 44.2 Å². The topological polar surface area (TPSA) is 64.1 Å². The van der Waals surface area contributed by atoms with Crippen molar-refractivity contribution in [2.24, 2.45) is 5.92 Å². The average molecular weight is 587 g/mol. The van der Waals surface area contributed by atoms with Gasteiger partial charge < -0.3 is 10.0 Å². The number of hydrogen-bond donors (Lipinski definition) is 1. The summed E-state index contributed by atoms with van der Waals surface area (Å²) in [6, 6.07) is 13.5. The molecule has 2 aliphatic heterocycles. The van der Waals surface area contributed by atoms with Gasteiger partial charge in [0.1, 0.15) is 0 Å². The number of sulfonamides is 1. The monoisotopic (exact) mass is 585 g/mol. The number of anilines is 1. The number of piperazine rings is 1. The average Bonchev–Trinajstić information content (AvgIpc) is 3.71. The second kappa shape index (κ2) is 10.8. The number of piperidine rings is 1. The van der Waals surface area contributed by atoms with Gasteiger partial charge in [0, 0.05) is 49.3 Å². The smallest absolute Gasteiger partial charge is 0.216 e. The molecule has 0 amide bonds. The molecule has 6 nitrogen and oxygen atoms in total. The van der Waals surface area contributed by atoms with E-state index in [2.05, 4.69) is 9.80 Å². The molecule has 37 heavy (non-hydrogen) atoms. The maximum Gasteiger partial charge on any atom is 0.216 e. The fraction of sp³-hybridized carbons (Fsp3) is 0.556. The summed E-state index contributed by atoms with van der Waals surface area (Å²) in [5.74, 6) is 0.0517. The highest BCUT2D eigenvalue weighted by Gasteiger charge is 2.44. The lowest BCUT2D eigenvalue weighted by Crippen LogP contribution is -2.56. The van der Waals surface area contributed by atoms with Gasteiger partial charge in [-0.05, 0) is 74.4 Å². The van der Waals surface area contributed by atoms with Gasteiger partial charge in [0.05, 0.1) is 27.6 Å². The van der Waals surface area contributed by atoms with E-state index in [0.29, 0.717) is 54.1 Å². The predicted octanol–water partition coefficient (Wildman–Crippen LogP) is 5.47. The molecule has 0 aromatic heterocycles. The molecule has 1 aliphatic carbocycles. The SMILES string of the molecule is CC(O)(CN1CCN(c2ccc(Cl)cc2Cl)C(c2ccc(Cl)cc2)C1)C1CCN(S(=O)(=O)C2CC2)CC1. The first-order valence-electron chi connectivity index (χ1n) is 13.0. The number of aliphatic hydroxyl groups is 1. The van der Waals surface area contributed by atoms with Crippen molar-refractivity contribution in [3.8, 4) is 0 Å². The number of nitrogens with zero attached hydrogens (tertiary/aromatic N) is 3. The van der Waals surface area contributed by atoms with Gasteiger partial charge >= 0.3 is 0 Å². The maximum absolute atomic E-state index is 12.6. The molecule has 1 saturated carbocycles. The van der Waals surface area contributed by atoms with E-state index in [1.807, 2.05) is 43.3 Å². The van der Waals surface area contributed by atoms with Gasteiger partial charge in [-0.25, -0.2) is 12.7 Å². The first kappa shape index (κ1) is 27.5. The summed E-state index contributed by atoms with van der Waals surface area (Å²) >= 11 is 18.9. The van der Waals surface area contributed by atoms with Crippen molar-refractivity contribution in [3.05, 3.63) is 63.1 Å². The van der Waals surface area contributed by atoms with Crippen LogP contribution in [-0.2, 0) is 10.0 Å². The van der Waals surface area contributed by atoms with Crippen LogP contribution in [0, 0.1) is 5.92 Å². The standard InChI is InChI=1S/C27H34Cl3N3O3S/c1-27(34,20-10-12-32(13-11-20)37(35,36)23-7-8-23)18-31-14-15-33(25-9-6-22(29)16-24(25)30)26(17-31)19-2-4-21(28)5-3-19/h2-6,9,16,20,23,26,34H,7-8,10-15,17-18H2,1H3. The highest BCUT2D eigenvalue weighted by atomic mass is 35.5. The number of β-amino-alcohol motifs (C(OH)–C–C–N with tert-alkyl or cyclic N) is 1. The second-order valence-electron chi connectivity index (χ2n) is 10.9. The lowest BCUT2D eigenvalue weighted by molar-refractivity contribution is -0.0486. The molecule has 1 N–H and O–H groups in total. The van der Waals surface area contributed by atoms with Crippen LogP contribution in [0.1, 0.15) is 44.2 Å². The molecule has 10 heteroatoms. The lowest BCUT2D eigenvalue weighted by atomic mass is 9.81. The molecule has 3 fully saturated rings. The van der Waals surface area contributed by atoms with Crippen molar-refractivity contribution < 1.29 is 13.5 Å². The summed E-state index contributed by atoms with van der Waals surface area (Å²) in [5.41, 5.74) is 1.14. The largest absolute Gasteiger partial charge is 0.389 e. The Morgan fingerprint density at radius 2 is 1.57 bits per heavy atom. The van der Waals surface area contributed by atoms with Gasteiger partial charge in [0.25, 0.3) is 0 Å². The van der Waals surface area contributed by atoms with E-state index in [0.717, 1.165) is 37.2 Å². The van der Waals surface area contributed by atoms with E-state index in [1.54, 1.807) is 10.4 Å². The molecule has 0 bridgehead atoms. The minimum Gasteiger partial charge on any atom is -0.389 e. The minimum atomic E-state index is -3.16. The molecule has 5 rings (SSSR count). The van der Waals surface area contributed by atoms with Crippen LogP contribution in [0.2, 0.25) is 15.1 Å². The van der Waals surface area contributed by atoms with Gasteiger partial charge in [-0.1, -0.05) is 46.9 Å². The number of halogens is 3. The van der Waals surface area contributed by atoms with E-state index >= 15 is 0 Å². The Labute approximate surface area is 235 Å². The molecule has 0 radical (unpaired) electrons. The van der Waals surface area contributed by atoms with Gasteiger partial charge in [-0.2, -0.15) is 0 Å². The van der Waals surface area contributed by atoms with E-state index in [9.17, 15) is 13.5 Å². The van der Waals surface area contributed by atoms with Crippen LogP contribution in [0.15, 0.2) is 42.5 Å². The normalized spacial score (nSPS) is 24.2. The van der Waals surface area contributed by atoms with Crippen molar-refractivity contribution in [1.82, 2.24) is 9.21 Å². The highest BCUT2D eigenvalue weighted by Crippen LogP contribution is 2.39. The molecule has 2 aromatic rings. The fourth-order valence-electron chi connectivity index (χ4n) is 5.85. The molecule has 2 unspecified atom stereocenters. The van der Waals surface area contributed by atoms with E-state index in [4.69, 9.17) is 34.8 Å². The molecule has 2 aromatic carbocycles. The van der Waals surface area contributed by atoms with Crippen LogP contribution >= 0.6 is 34.8 Å². The summed E-state index contributed by atoms with van der Waals surface area (Å²) in [4.78, 5) is 4.61. The molecule has 2 atom stereocenters. The Bertz CT molecular complexity index is 1210. The second-order valence-corrected chi connectivity index (χ2v) is 14.4. The summed E-state index contributed by atoms with van der Waals surface area (Å²) in [6.45, 7) is 5.65.